The number of rotatable bonds is 2. The Hall–Kier alpha value is -3.03. The van der Waals surface area contributed by atoms with Gasteiger partial charge in [-0.25, -0.2) is 19.2 Å². The fraction of sp³-hybridized carbons (Fsp3) is 0.0625. The lowest BCUT2D eigenvalue weighted by molar-refractivity contribution is -0.141. The number of hydrogen-bond acceptors (Lipinski definition) is 3. The first-order valence-electron chi connectivity index (χ1n) is 6.63. The minimum absolute atomic E-state index is 0.141. The molecule has 0 saturated carbocycles. The van der Waals surface area contributed by atoms with Gasteiger partial charge in [-0.3, -0.25) is 0 Å². The van der Waals surface area contributed by atoms with E-state index in [1.807, 2.05) is 0 Å². The molecule has 0 atom stereocenters. The number of halogens is 4. The highest BCUT2D eigenvalue weighted by Crippen LogP contribution is 2.33. The maximum atomic E-state index is 13.0. The van der Waals surface area contributed by atoms with Crippen molar-refractivity contribution in [3.63, 3.8) is 0 Å². The van der Waals surface area contributed by atoms with E-state index in [1.165, 1.54) is 36.5 Å². The van der Waals surface area contributed by atoms with Gasteiger partial charge in [-0.1, -0.05) is 12.1 Å². The molecule has 4 nitrogen and oxygen atoms in total. The minimum Gasteiger partial charge on any atom is -0.478 e. The van der Waals surface area contributed by atoms with Crippen LogP contribution in [0.5, 0.6) is 0 Å². The van der Waals surface area contributed by atoms with E-state index in [0.717, 1.165) is 6.07 Å². The van der Waals surface area contributed by atoms with Crippen molar-refractivity contribution in [1.82, 2.24) is 9.97 Å². The van der Waals surface area contributed by atoms with Gasteiger partial charge < -0.3 is 5.11 Å². The maximum Gasteiger partial charge on any atom is 0.434 e. The molecule has 0 aliphatic heterocycles. The van der Waals surface area contributed by atoms with E-state index >= 15 is 0 Å². The summed E-state index contributed by atoms with van der Waals surface area (Å²) in [4.78, 5) is 18.3. The molecule has 0 spiro atoms. The Morgan fingerprint density at radius 1 is 1.04 bits per heavy atom. The maximum absolute atomic E-state index is 13.0. The van der Waals surface area contributed by atoms with Crippen molar-refractivity contribution in [2.75, 3.05) is 0 Å². The molecule has 0 unspecified atom stereocenters. The number of alkyl halides is 3. The SMILES string of the molecule is O=C(O)c1cc2cc(-c3ccc(F)cc3)cnc2nc1C(F)(F)F. The van der Waals surface area contributed by atoms with Gasteiger partial charge in [0.1, 0.15) is 5.82 Å². The number of fused-ring (bicyclic) bond motifs is 1. The Bertz CT molecular complexity index is 937. The molecule has 0 saturated heterocycles. The zero-order chi connectivity index (χ0) is 17.5. The van der Waals surface area contributed by atoms with E-state index in [4.69, 9.17) is 5.11 Å². The molecule has 2 heterocycles. The Labute approximate surface area is 132 Å². The second-order valence-corrected chi connectivity index (χ2v) is 4.97. The summed E-state index contributed by atoms with van der Waals surface area (Å²) < 4.78 is 51.7. The number of aromatic carboxylic acids is 1. The second kappa shape index (κ2) is 5.55. The molecule has 0 radical (unpaired) electrons. The molecule has 0 bridgehead atoms. The summed E-state index contributed by atoms with van der Waals surface area (Å²) in [5.41, 5.74) is -1.58. The smallest absolute Gasteiger partial charge is 0.434 e. The number of pyridine rings is 2. The van der Waals surface area contributed by atoms with Crippen LogP contribution in [0.25, 0.3) is 22.2 Å². The average molecular weight is 336 g/mol. The lowest BCUT2D eigenvalue weighted by Gasteiger charge is -2.11. The molecule has 8 heteroatoms. The van der Waals surface area contributed by atoms with Crippen LogP contribution in [0.4, 0.5) is 17.6 Å². The molecule has 122 valence electrons. The van der Waals surface area contributed by atoms with Crippen LogP contribution in [0, 0.1) is 5.82 Å². The quantitative estimate of drug-likeness (QED) is 0.714. The van der Waals surface area contributed by atoms with E-state index in [2.05, 4.69) is 9.97 Å². The Kier molecular flexibility index (Phi) is 3.67. The van der Waals surface area contributed by atoms with Crippen LogP contribution in [-0.2, 0) is 6.18 Å². The Morgan fingerprint density at radius 3 is 2.29 bits per heavy atom. The van der Waals surface area contributed by atoms with Gasteiger partial charge in [-0.15, -0.1) is 0 Å². The number of carbonyl (C=O) groups is 1. The highest BCUT2D eigenvalue weighted by atomic mass is 19.4. The predicted octanol–water partition coefficient (Wildman–Crippen LogP) is 4.15. The van der Waals surface area contributed by atoms with Crippen LogP contribution in [0.3, 0.4) is 0 Å². The van der Waals surface area contributed by atoms with Gasteiger partial charge >= 0.3 is 12.1 Å². The van der Waals surface area contributed by atoms with Gasteiger partial charge in [0.15, 0.2) is 11.3 Å². The van der Waals surface area contributed by atoms with Crippen LogP contribution in [0.15, 0.2) is 42.6 Å². The van der Waals surface area contributed by atoms with Gasteiger partial charge in [-0.2, -0.15) is 13.2 Å². The molecule has 0 amide bonds. The largest absolute Gasteiger partial charge is 0.478 e. The van der Waals surface area contributed by atoms with Crippen molar-refractivity contribution in [2.24, 2.45) is 0 Å². The topological polar surface area (TPSA) is 63.1 Å². The number of aromatic nitrogens is 2. The lowest BCUT2D eigenvalue weighted by atomic mass is 10.0. The fourth-order valence-electron chi connectivity index (χ4n) is 2.24. The van der Waals surface area contributed by atoms with Gasteiger partial charge in [0.05, 0.1) is 5.56 Å². The highest BCUT2D eigenvalue weighted by molar-refractivity contribution is 5.94. The Balaban J connectivity index is 2.20. The summed E-state index contributed by atoms with van der Waals surface area (Å²) in [5, 5.41) is 9.14. The molecular weight excluding hydrogens is 328 g/mol. The van der Waals surface area contributed by atoms with E-state index < -0.39 is 29.2 Å². The lowest BCUT2D eigenvalue weighted by Crippen LogP contribution is -2.15. The molecule has 2 aromatic heterocycles. The van der Waals surface area contributed by atoms with Crippen LogP contribution >= 0.6 is 0 Å². The van der Waals surface area contributed by atoms with E-state index in [1.54, 1.807) is 0 Å². The normalized spacial score (nSPS) is 11.7. The third-order valence-corrected chi connectivity index (χ3v) is 3.34. The summed E-state index contributed by atoms with van der Waals surface area (Å²) in [6.07, 6.45) is -3.61. The third-order valence-electron chi connectivity index (χ3n) is 3.34. The van der Waals surface area contributed by atoms with E-state index in [-0.39, 0.29) is 11.0 Å². The third kappa shape index (κ3) is 2.90. The molecule has 3 rings (SSSR count). The number of hydrogen-bond donors (Lipinski definition) is 1. The molecule has 0 aliphatic rings. The van der Waals surface area contributed by atoms with Crippen LogP contribution in [0.1, 0.15) is 16.1 Å². The Morgan fingerprint density at radius 2 is 1.71 bits per heavy atom. The zero-order valence-electron chi connectivity index (χ0n) is 11.8. The van der Waals surface area contributed by atoms with Crippen molar-refractivity contribution >= 4 is 17.0 Å². The zero-order valence-corrected chi connectivity index (χ0v) is 11.8. The van der Waals surface area contributed by atoms with Crippen LogP contribution in [-0.4, -0.2) is 21.0 Å². The molecule has 24 heavy (non-hydrogen) atoms. The fourth-order valence-corrected chi connectivity index (χ4v) is 2.24. The summed E-state index contributed by atoms with van der Waals surface area (Å²) >= 11 is 0. The molecular formula is C16H8F4N2O2. The van der Waals surface area contributed by atoms with Crippen molar-refractivity contribution in [3.8, 4) is 11.1 Å². The molecule has 3 aromatic rings. The van der Waals surface area contributed by atoms with Gasteiger partial charge in [0.25, 0.3) is 0 Å². The first-order chi connectivity index (χ1) is 11.3. The highest BCUT2D eigenvalue weighted by Gasteiger charge is 2.38. The first-order valence-corrected chi connectivity index (χ1v) is 6.63. The van der Waals surface area contributed by atoms with E-state index in [9.17, 15) is 22.4 Å². The standard InChI is InChI=1S/C16H8F4N2O2/c17-11-3-1-8(2-4-11)10-5-9-6-12(15(23)24)13(16(18,19)20)22-14(9)21-7-10/h1-7H,(H,23,24). The molecule has 0 fully saturated rings. The molecule has 1 N–H and O–H groups in total. The van der Waals surface area contributed by atoms with Gasteiger partial charge in [0.2, 0.25) is 0 Å². The van der Waals surface area contributed by atoms with Crippen molar-refractivity contribution in [2.45, 2.75) is 6.18 Å². The number of carboxylic acid groups (broad SMARTS) is 1. The summed E-state index contributed by atoms with van der Waals surface area (Å²) in [7, 11) is 0. The summed E-state index contributed by atoms with van der Waals surface area (Å²) in [5.74, 6) is -2.17. The average Bonchev–Trinajstić information content (AvgIpc) is 2.53. The second-order valence-electron chi connectivity index (χ2n) is 4.97. The van der Waals surface area contributed by atoms with Crippen LogP contribution in [0.2, 0.25) is 0 Å². The van der Waals surface area contributed by atoms with Crippen molar-refractivity contribution in [1.29, 1.82) is 0 Å². The number of nitrogens with zero attached hydrogens (tertiary/aromatic N) is 2. The number of carboxylic acids is 1. The molecule has 1 aromatic carbocycles. The van der Waals surface area contributed by atoms with Crippen molar-refractivity contribution < 1.29 is 27.5 Å². The van der Waals surface area contributed by atoms with Crippen molar-refractivity contribution in [3.05, 3.63) is 59.7 Å². The summed E-state index contributed by atoms with van der Waals surface area (Å²) in [6, 6.07) is 7.75. The predicted molar refractivity (Wildman–Crippen MR) is 76.9 cm³/mol. The van der Waals surface area contributed by atoms with Crippen LogP contribution < -0.4 is 0 Å². The van der Waals surface area contributed by atoms with E-state index in [0.29, 0.717) is 11.1 Å². The van der Waals surface area contributed by atoms with Gasteiger partial charge in [0, 0.05) is 17.1 Å². The molecule has 0 aliphatic carbocycles. The monoisotopic (exact) mass is 336 g/mol. The first kappa shape index (κ1) is 15.9. The number of benzene rings is 1. The minimum atomic E-state index is -4.90. The van der Waals surface area contributed by atoms with Gasteiger partial charge in [-0.05, 0) is 29.8 Å². The summed E-state index contributed by atoms with van der Waals surface area (Å²) in [6.45, 7) is 0.